The van der Waals surface area contributed by atoms with Crippen molar-refractivity contribution in [1.29, 1.82) is 0 Å². The zero-order valence-corrected chi connectivity index (χ0v) is 34.1. The molecular weight excluding hydrogens is 653 g/mol. The summed E-state index contributed by atoms with van der Waals surface area (Å²) in [4.78, 5) is 27.8. The smallest absolute Gasteiger partial charge is 0.306 e. The minimum Gasteiger partial charge on any atom is -0.462 e. The molecule has 0 aromatic carbocycles. The number of esters is 1. The van der Waals surface area contributed by atoms with Gasteiger partial charge in [0.05, 0.1) is 6.42 Å². The fourth-order valence-corrected chi connectivity index (χ4v) is 11.1. The third-order valence-electron chi connectivity index (χ3n) is 14.2. The van der Waals surface area contributed by atoms with E-state index in [2.05, 4.69) is 47.6 Å². The van der Waals surface area contributed by atoms with E-state index in [0.717, 1.165) is 73.5 Å². The quantitative estimate of drug-likeness (QED) is 0.122. The summed E-state index contributed by atoms with van der Waals surface area (Å²) in [5, 5.41) is 0. The summed E-state index contributed by atoms with van der Waals surface area (Å²) in [7, 11) is 0. The zero-order chi connectivity index (χ0) is 34.5. The van der Waals surface area contributed by atoms with Gasteiger partial charge in [0.1, 0.15) is 6.10 Å². The van der Waals surface area contributed by atoms with Crippen molar-refractivity contribution < 1.29 is 14.3 Å². The molecule has 0 aromatic heterocycles. The van der Waals surface area contributed by atoms with Gasteiger partial charge < -0.3 is 21.1 Å². The lowest BCUT2D eigenvalue weighted by Crippen LogP contribution is -2.51. The summed E-state index contributed by atoms with van der Waals surface area (Å²) in [6.07, 6.45) is 18.1. The van der Waals surface area contributed by atoms with Crippen LogP contribution in [0.15, 0.2) is 11.6 Å². The number of nitrogens with zero attached hydrogens (tertiary/aromatic N) is 1. The van der Waals surface area contributed by atoms with Gasteiger partial charge in [-0.05, 0) is 130 Å². The Labute approximate surface area is 313 Å². The number of fused-ring (bicyclic) bond motifs is 5. The van der Waals surface area contributed by atoms with Gasteiger partial charge in [-0.1, -0.05) is 66.0 Å². The molecule has 0 heterocycles. The van der Waals surface area contributed by atoms with Gasteiger partial charge in [-0.15, -0.1) is 24.8 Å². The molecule has 0 saturated heterocycles. The number of carbonyl (C=O) groups is 2. The minimum atomic E-state index is -0.237. The third kappa shape index (κ3) is 10.6. The van der Waals surface area contributed by atoms with Gasteiger partial charge >= 0.3 is 5.97 Å². The van der Waals surface area contributed by atoms with Crippen LogP contribution in [0.4, 0.5) is 0 Å². The van der Waals surface area contributed by atoms with Crippen LogP contribution >= 0.6 is 24.8 Å². The van der Waals surface area contributed by atoms with Gasteiger partial charge in [-0.3, -0.25) is 9.59 Å². The number of hydrogen-bond acceptors (Lipinski definition) is 5. The van der Waals surface area contributed by atoms with Crippen molar-refractivity contribution in [2.45, 2.75) is 170 Å². The molecule has 4 unspecified atom stereocenters. The van der Waals surface area contributed by atoms with Gasteiger partial charge in [0.25, 0.3) is 0 Å². The van der Waals surface area contributed by atoms with Gasteiger partial charge in [0, 0.05) is 38.0 Å². The summed E-state index contributed by atoms with van der Waals surface area (Å²) in [6.45, 7) is 20.1. The summed E-state index contributed by atoms with van der Waals surface area (Å²) >= 11 is 0. The SMILES string of the molecule is CCC(CCC(C)[C@H]1CC[C@H]2[C@@H]3CC=C4C[C@@H](OC(=O)CCC(=O)N(CCC(C)N)CCC(C)N)CC[C@]4(C)[C@H]3CC[C@]12C)C(C)C.Cl.Cl. The first-order valence-electron chi connectivity index (χ1n) is 19.9. The average molecular weight is 729 g/mol. The van der Waals surface area contributed by atoms with E-state index < -0.39 is 0 Å². The fraction of sp³-hybridized carbons (Fsp3) is 0.902. The summed E-state index contributed by atoms with van der Waals surface area (Å²) < 4.78 is 6.05. The first kappa shape index (κ1) is 44.3. The van der Waals surface area contributed by atoms with E-state index >= 15 is 0 Å². The van der Waals surface area contributed by atoms with E-state index in [4.69, 9.17) is 16.2 Å². The third-order valence-corrected chi connectivity index (χ3v) is 14.2. The largest absolute Gasteiger partial charge is 0.462 e. The Morgan fingerprint density at radius 1 is 0.878 bits per heavy atom. The Morgan fingerprint density at radius 3 is 2.12 bits per heavy atom. The Morgan fingerprint density at radius 2 is 1.53 bits per heavy atom. The van der Waals surface area contributed by atoms with Crippen molar-refractivity contribution in [2.24, 2.45) is 63.7 Å². The molecule has 49 heavy (non-hydrogen) atoms. The molecule has 4 aliphatic carbocycles. The van der Waals surface area contributed by atoms with E-state index in [1.165, 1.54) is 51.4 Å². The highest BCUT2D eigenvalue weighted by atomic mass is 35.5. The maximum Gasteiger partial charge on any atom is 0.306 e. The molecule has 8 heteroatoms. The van der Waals surface area contributed by atoms with Crippen molar-refractivity contribution in [3.05, 3.63) is 11.6 Å². The van der Waals surface area contributed by atoms with Crippen LogP contribution < -0.4 is 11.5 Å². The van der Waals surface area contributed by atoms with Gasteiger partial charge in [0.15, 0.2) is 0 Å². The molecule has 1 amide bonds. The number of allylic oxidation sites excluding steroid dienone is 1. The molecule has 0 aromatic rings. The molecule has 0 bridgehead atoms. The first-order chi connectivity index (χ1) is 22.2. The molecule has 286 valence electrons. The Bertz CT molecular complexity index is 1070. The molecule has 4 aliphatic rings. The molecule has 6 nitrogen and oxygen atoms in total. The molecule has 0 radical (unpaired) electrons. The number of carbonyl (C=O) groups excluding carboxylic acids is 2. The van der Waals surface area contributed by atoms with Crippen molar-refractivity contribution in [3.8, 4) is 0 Å². The van der Waals surface area contributed by atoms with Crippen LogP contribution in [-0.4, -0.2) is 48.1 Å². The molecule has 0 spiro atoms. The predicted molar refractivity (Wildman–Crippen MR) is 209 cm³/mol. The molecule has 4 N–H and O–H groups in total. The highest BCUT2D eigenvalue weighted by molar-refractivity contribution is 5.85. The maximum absolute atomic E-state index is 13.0. The molecular formula is C41H75Cl2N3O3. The van der Waals surface area contributed by atoms with Crippen LogP contribution in [-0.2, 0) is 14.3 Å². The molecule has 0 aliphatic heterocycles. The summed E-state index contributed by atoms with van der Waals surface area (Å²) in [5.74, 6) is 5.53. The second-order valence-electron chi connectivity index (χ2n) is 17.7. The van der Waals surface area contributed by atoms with Gasteiger partial charge in [-0.25, -0.2) is 0 Å². The van der Waals surface area contributed by atoms with Gasteiger partial charge in [-0.2, -0.15) is 0 Å². The topological polar surface area (TPSA) is 98.7 Å². The number of halogens is 2. The van der Waals surface area contributed by atoms with Crippen molar-refractivity contribution in [3.63, 3.8) is 0 Å². The second kappa shape index (κ2) is 19.3. The van der Waals surface area contributed by atoms with Crippen molar-refractivity contribution in [1.82, 2.24) is 4.90 Å². The van der Waals surface area contributed by atoms with Crippen LogP contribution in [0, 0.1) is 52.3 Å². The van der Waals surface area contributed by atoms with E-state index in [0.29, 0.717) is 18.5 Å². The lowest BCUT2D eigenvalue weighted by molar-refractivity contribution is -0.153. The van der Waals surface area contributed by atoms with E-state index in [9.17, 15) is 9.59 Å². The summed E-state index contributed by atoms with van der Waals surface area (Å²) in [5.41, 5.74) is 14.2. The molecule has 3 saturated carbocycles. The number of ether oxygens (including phenoxy) is 1. The number of hydrogen-bond donors (Lipinski definition) is 2. The van der Waals surface area contributed by atoms with E-state index in [-0.39, 0.29) is 73.1 Å². The van der Waals surface area contributed by atoms with Gasteiger partial charge in [0.2, 0.25) is 5.91 Å². The zero-order valence-electron chi connectivity index (χ0n) is 32.5. The molecule has 11 atom stereocenters. The van der Waals surface area contributed by atoms with Crippen LogP contribution in [0.3, 0.4) is 0 Å². The fourth-order valence-electron chi connectivity index (χ4n) is 11.1. The number of amides is 1. The molecule has 3 fully saturated rings. The van der Waals surface area contributed by atoms with Crippen molar-refractivity contribution >= 4 is 36.7 Å². The van der Waals surface area contributed by atoms with Crippen LogP contribution in [0.1, 0.15) is 152 Å². The standard InChI is InChI=1S/C41H73N3O3.2ClH/c1-9-31(27(2)3)11-10-28(4)35-14-15-36-34-13-12-32-26-33(18-22-40(32,7)37(34)19-23-41(35,36)8)47-39(46)17-16-38(45)44(24-20-29(5)42)25-21-30(6)43;;/h12,27-31,33-37H,9-11,13-26,42-43H2,1-8H3;2*1H/t28?,29?,30?,31?,33-,34-,35+,36-,37-,40-,41+;;/m0../s1. The predicted octanol–water partition coefficient (Wildman–Crippen LogP) is 9.50. The monoisotopic (exact) mass is 728 g/mol. The highest BCUT2D eigenvalue weighted by Gasteiger charge is 2.59. The first-order valence-corrected chi connectivity index (χ1v) is 19.9. The Balaban J connectivity index is 0.00000417. The Kier molecular flexibility index (Phi) is 17.5. The summed E-state index contributed by atoms with van der Waals surface area (Å²) in [6, 6.07) is 0.0593. The normalized spacial score (nSPS) is 33.0. The lowest BCUT2D eigenvalue weighted by Gasteiger charge is -2.58. The Hall–Kier alpha value is -0.820. The van der Waals surface area contributed by atoms with E-state index in [1.807, 2.05) is 18.7 Å². The highest BCUT2D eigenvalue weighted by Crippen LogP contribution is 2.67. The second-order valence-corrected chi connectivity index (χ2v) is 17.7. The van der Waals surface area contributed by atoms with E-state index in [1.54, 1.807) is 5.57 Å². The molecule has 4 rings (SSSR count). The number of nitrogens with two attached hydrogens (primary N) is 2. The van der Waals surface area contributed by atoms with Crippen molar-refractivity contribution in [2.75, 3.05) is 13.1 Å². The maximum atomic E-state index is 13.0. The van der Waals surface area contributed by atoms with Crippen LogP contribution in [0.2, 0.25) is 0 Å². The average Bonchev–Trinajstić information content (AvgIpc) is 3.37. The minimum absolute atomic E-state index is 0. The number of rotatable bonds is 16. The van der Waals surface area contributed by atoms with Crippen LogP contribution in [0.5, 0.6) is 0 Å². The lowest BCUT2D eigenvalue weighted by atomic mass is 9.47. The van der Waals surface area contributed by atoms with Crippen LogP contribution in [0.25, 0.3) is 0 Å².